The molecular formula is C24H27NO4S. The van der Waals surface area contributed by atoms with Crippen molar-refractivity contribution in [1.29, 1.82) is 0 Å². The largest absolute Gasteiger partial charge is 0.477 e. The van der Waals surface area contributed by atoms with E-state index < -0.39 is 12.1 Å². The number of benzene rings is 1. The van der Waals surface area contributed by atoms with Gasteiger partial charge in [0.15, 0.2) is 0 Å². The Morgan fingerprint density at radius 3 is 2.67 bits per heavy atom. The van der Waals surface area contributed by atoms with Gasteiger partial charge in [-0.2, -0.15) is 0 Å². The molecule has 2 N–H and O–H groups in total. The summed E-state index contributed by atoms with van der Waals surface area (Å²) in [6, 6.07) is 13.7. The number of aryl methyl sites for hydroxylation is 1. The number of amides is 1. The Morgan fingerprint density at radius 1 is 1.23 bits per heavy atom. The Balaban J connectivity index is 1.34. The molecule has 1 aromatic carbocycles. The van der Waals surface area contributed by atoms with Gasteiger partial charge in [-0.15, -0.1) is 11.3 Å². The molecule has 0 spiro atoms. The van der Waals surface area contributed by atoms with Crippen LogP contribution in [0.3, 0.4) is 0 Å². The number of aliphatic hydroxyl groups excluding tert-OH is 1. The van der Waals surface area contributed by atoms with Gasteiger partial charge in [0, 0.05) is 23.3 Å². The van der Waals surface area contributed by atoms with Crippen molar-refractivity contribution in [2.75, 3.05) is 6.54 Å². The van der Waals surface area contributed by atoms with Crippen molar-refractivity contribution in [2.24, 2.45) is 0 Å². The summed E-state index contributed by atoms with van der Waals surface area (Å²) in [7, 11) is 0. The Morgan fingerprint density at radius 2 is 2.00 bits per heavy atom. The van der Waals surface area contributed by atoms with Crippen molar-refractivity contribution in [1.82, 2.24) is 4.90 Å². The Hall–Kier alpha value is -2.44. The van der Waals surface area contributed by atoms with Gasteiger partial charge >= 0.3 is 5.97 Å². The average molecular weight is 426 g/mol. The second-order valence-electron chi connectivity index (χ2n) is 8.22. The van der Waals surface area contributed by atoms with Gasteiger partial charge in [-0.25, -0.2) is 4.79 Å². The van der Waals surface area contributed by atoms with Crippen LogP contribution in [0.1, 0.15) is 52.2 Å². The van der Waals surface area contributed by atoms with Crippen molar-refractivity contribution >= 4 is 23.2 Å². The number of aliphatic hydroxyl groups is 1. The van der Waals surface area contributed by atoms with Crippen LogP contribution in [0.4, 0.5) is 0 Å². The summed E-state index contributed by atoms with van der Waals surface area (Å²) in [6.45, 7) is 0.647. The zero-order valence-corrected chi connectivity index (χ0v) is 17.7. The van der Waals surface area contributed by atoms with E-state index in [-0.39, 0.29) is 17.4 Å². The van der Waals surface area contributed by atoms with Gasteiger partial charge in [0.05, 0.1) is 12.1 Å². The first-order valence-electron chi connectivity index (χ1n) is 10.5. The summed E-state index contributed by atoms with van der Waals surface area (Å²) in [5.74, 6) is -0.741. The zero-order chi connectivity index (χ0) is 21.1. The molecule has 2 fully saturated rings. The van der Waals surface area contributed by atoms with Crippen LogP contribution < -0.4 is 0 Å². The third-order valence-electron chi connectivity index (χ3n) is 6.29. The second-order valence-corrected chi connectivity index (χ2v) is 9.39. The number of rotatable bonds is 9. The van der Waals surface area contributed by atoms with Gasteiger partial charge in [-0.1, -0.05) is 42.5 Å². The van der Waals surface area contributed by atoms with Crippen LogP contribution in [0.2, 0.25) is 0 Å². The number of nitrogens with zero attached hydrogens (tertiary/aromatic N) is 1. The van der Waals surface area contributed by atoms with E-state index in [2.05, 4.69) is 12.1 Å². The molecule has 1 saturated heterocycles. The molecule has 2 aromatic rings. The molecule has 5 nitrogen and oxygen atoms in total. The maximum Gasteiger partial charge on any atom is 0.345 e. The molecule has 1 aromatic heterocycles. The van der Waals surface area contributed by atoms with Gasteiger partial charge in [0.1, 0.15) is 4.88 Å². The zero-order valence-electron chi connectivity index (χ0n) is 16.9. The van der Waals surface area contributed by atoms with Gasteiger partial charge < -0.3 is 15.1 Å². The molecule has 1 aliphatic heterocycles. The number of thiophene rings is 1. The Bertz CT molecular complexity index is 932. The fourth-order valence-electron chi connectivity index (χ4n) is 4.37. The highest BCUT2D eigenvalue weighted by Gasteiger charge is 2.49. The Kier molecular flexibility index (Phi) is 6.06. The van der Waals surface area contributed by atoms with Crippen molar-refractivity contribution in [2.45, 2.75) is 56.1 Å². The lowest BCUT2D eigenvalue weighted by Gasteiger charge is -2.24. The number of aromatic carboxylic acids is 1. The lowest BCUT2D eigenvalue weighted by atomic mass is 9.89. The van der Waals surface area contributed by atoms with Gasteiger partial charge in [0.2, 0.25) is 5.91 Å². The van der Waals surface area contributed by atoms with Crippen LogP contribution in [-0.2, 0) is 16.6 Å². The lowest BCUT2D eigenvalue weighted by Crippen LogP contribution is -2.33. The van der Waals surface area contributed by atoms with E-state index in [0.717, 1.165) is 37.0 Å². The quantitative estimate of drug-likeness (QED) is 0.595. The van der Waals surface area contributed by atoms with E-state index in [1.165, 1.54) is 16.9 Å². The molecule has 1 aliphatic carbocycles. The number of hydrogen-bond donors (Lipinski definition) is 2. The molecule has 1 saturated carbocycles. The summed E-state index contributed by atoms with van der Waals surface area (Å²) in [4.78, 5) is 26.6. The van der Waals surface area contributed by atoms with Gasteiger partial charge in [-0.05, 0) is 49.8 Å². The van der Waals surface area contributed by atoms with Crippen LogP contribution in [0.5, 0.6) is 0 Å². The average Bonchev–Trinajstić information content (AvgIpc) is 3.30. The van der Waals surface area contributed by atoms with E-state index in [1.54, 1.807) is 6.07 Å². The highest BCUT2D eigenvalue weighted by molar-refractivity contribution is 7.13. The van der Waals surface area contributed by atoms with Gasteiger partial charge in [-0.3, -0.25) is 4.79 Å². The van der Waals surface area contributed by atoms with Gasteiger partial charge in [0.25, 0.3) is 0 Å². The molecule has 2 aliphatic rings. The molecule has 0 bridgehead atoms. The van der Waals surface area contributed by atoms with Crippen molar-refractivity contribution < 1.29 is 19.8 Å². The van der Waals surface area contributed by atoms with Crippen LogP contribution >= 0.6 is 11.3 Å². The predicted molar refractivity (Wildman–Crippen MR) is 117 cm³/mol. The summed E-state index contributed by atoms with van der Waals surface area (Å²) in [6.07, 6.45) is 8.19. The molecule has 2 unspecified atom stereocenters. The summed E-state index contributed by atoms with van der Waals surface area (Å²) < 4.78 is 0. The standard InChI is InChI=1S/C24H27NO4S/c26-21(24(14-15-24)17-5-2-1-3-6-17)12-8-18-9-13-22(27)25(18)16-4-7-19-10-11-20(30-19)23(28)29/h1-3,5-6,8,10-12,18,21,26H,4,7,9,13-16H2,(H,28,29). The number of carbonyl (C=O) groups is 2. The normalized spacial score (nSPS) is 21.3. The van der Waals surface area contributed by atoms with Crippen molar-refractivity contribution in [3.05, 3.63) is 69.9 Å². The SMILES string of the molecule is O=C(O)c1ccc(CCCN2C(=O)CCC2C=CC(O)C2(c3ccccc3)CC2)s1. The number of likely N-dealkylation sites (tertiary alicyclic amines) is 1. The Labute approximate surface area is 180 Å². The molecule has 2 atom stereocenters. The smallest absolute Gasteiger partial charge is 0.345 e. The summed E-state index contributed by atoms with van der Waals surface area (Å²) in [5.41, 5.74) is 1.00. The minimum Gasteiger partial charge on any atom is -0.477 e. The molecule has 6 heteroatoms. The first-order chi connectivity index (χ1) is 14.5. The third kappa shape index (κ3) is 4.35. The van der Waals surface area contributed by atoms with E-state index in [1.807, 2.05) is 41.3 Å². The number of carbonyl (C=O) groups excluding carboxylic acids is 1. The van der Waals surface area contributed by atoms with E-state index in [4.69, 9.17) is 5.11 Å². The number of carboxylic acids is 1. The van der Waals surface area contributed by atoms with Crippen molar-refractivity contribution in [3.63, 3.8) is 0 Å². The minimum absolute atomic E-state index is 0.0247. The van der Waals surface area contributed by atoms with E-state index >= 15 is 0 Å². The molecule has 1 amide bonds. The summed E-state index contributed by atoms with van der Waals surface area (Å²) >= 11 is 1.30. The second kappa shape index (κ2) is 8.74. The number of hydrogen-bond acceptors (Lipinski definition) is 4. The maximum absolute atomic E-state index is 12.4. The monoisotopic (exact) mass is 425 g/mol. The van der Waals surface area contributed by atoms with Crippen molar-refractivity contribution in [3.8, 4) is 0 Å². The molecular weight excluding hydrogens is 398 g/mol. The number of carboxylic acid groups (broad SMARTS) is 1. The molecule has 0 radical (unpaired) electrons. The highest BCUT2D eigenvalue weighted by Crippen LogP contribution is 2.51. The summed E-state index contributed by atoms with van der Waals surface area (Å²) in [5, 5.41) is 19.9. The third-order valence-corrected chi connectivity index (χ3v) is 7.42. The lowest BCUT2D eigenvalue weighted by molar-refractivity contribution is -0.128. The molecule has 30 heavy (non-hydrogen) atoms. The highest BCUT2D eigenvalue weighted by atomic mass is 32.1. The fraction of sp³-hybridized carbons (Fsp3) is 0.417. The van der Waals surface area contributed by atoms with Crippen LogP contribution in [0, 0.1) is 0 Å². The van der Waals surface area contributed by atoms with Crippen LogP contribution in [0.15, 0.2) is 54.6 Å². The maximum atomic E-state index is 12.4. The van der Waals surface area contributed by atoms with Crippen LogP contribution in [-0.4, -0.2) is 45.7 Å². The topological polar surface area (TPSA) is 77.8 Å². The minimum atomic E-state index is -0.895. The predicted octanol–water partition coefficient (Wildman–Crippen LogP) is 4.02. The molecule has 158 valence electrons. The first kappa shape index (κ1) is 20.8. The van der Waals surface area contributed by atoms with Crippen LogP contribution in [0.25, 0.3) is 0 Å². The fourth-order valence-corrected chi connectivity index (χ4v) is 5.26. The van der Waals surface area contributed by atoms with E-state index in [0.29, 0.717) is 17.8 Å². The molecule has 2 heterocycles. The first-order valence-corrected chi connectivity index (χ1v) is 11.3. The molecule has 4 rings (SSSR count). The van der Waals surface area contributed by atoms with E-state index in [9.17, 15) is 14.7 Å².